The van der Waals surface area contributed by atoms with Gasteiger partial charge in [-0.1, -0.05) is 32.1 Å². The lowest BCUT2D eigenvalue weighted by atomic mass is 9.61. The van der Waals surface area contributed by atoms with Crippen molar-refractivity contribution >= 4 is 0 Å². The summed E-state index contributed by atoms with van der Waals surface area (Å²) in [6.07, 6.45) is 9.19. The van der Waals surface area contributed by atoms with Crippen LogP contribution in [-0.2, 0) is 0 Å². The van der Waals surface area contributed by atoms with Gasteiger partial charge in [-0.25, -0.2) is 0 Å². The van der Waals surface area contributed by atoms with Gasteiger partial charge in [0.1, 0.15) is 0 Å². The molecule has 0 aromatic carbocycles. The molecule has 3 heteroatoms. The van der Waals surface area contributed by atoms with Crippen molar-refractivity contribution in [2.45, 2.75) is 76.4 Å². The van der Waals surface area contributed by atoms with Crippen LogP contribution in [0.3, 0.4) is 0 Å². The molecule has 2 rings (SSSR count). The molecule has 0 spiro atoms. The summed E-state index contributed by atoms with van der Waals surface area (Å²) < 4.78 is 0. The molecule has 2 fully saturated rings. The fourth-order valence-electron chi connectivity index (χ4n) is 3.95. The third-order valence-corrected chi connectivity index (χ3v) is 5.58. The summed E-state index contributed by atoms with van der Waals surface area (Å²) in [4.78, 5) is 2.29. The van der Waals surface area contributed by atoms with Crippen molar-refractivity contribution in [2.24, 2.45) is 5.41 Å². The average molecular weight is 264 g/mol. The molecular formula is C16H28N2O. The Balaban J connectivity index is 2.21. The van der Waals surface area contributed by atoms with E-state index in [1.807, 2.05) is 0 Å². The number of hydrogen-bond acceptors (Lipinski definition) is 3. The molecule has 3 nitrogen and oxygen atoms in total. The molecule has 19 heavy (non-hydrogen) atoms. The minimum absolute atomic E-state index is 0.370. The van der Waals surface area contributed by atoms with Crippen LogP contribution in [0.2, 0.25) is 0 Å². The predicted octanol–water partition coefficient (Wildman–Crippen LogP) is 3.09. The number of nitrogens with zero attached hydrogens (tertiary/aromatic N) is 2. The smallest absolute Gasteiger partial charge is 0.0861 e. The molecule has 2 unspecified atom stereocenters. The van der Waals surface area contributed by atoms with Crippen LogP contribution in [0.4, 0.5) is 0 Å². The van der Waals surface area contributed by atoms with E-state index in [1.165, 1.54) is 19.3 Å². The molecule has 2 atom stereocenters. The van der Waals surface area contributed by atoms with E-state index in [4.69, 9.17) is 0 Å². The van der Waals surface area contributed by atoms with E-state index in [-0.39, 0.29) is 0 Å². The Bertz CT molecular complexity index is 341. The summed E-state index contributed by atoms with van der Waals surface area (Å²) in [7, 11) is 2.11. The molecule has 1 aliphatic carbocycles. The summed E-state index contributed by atoms with van der Waals surface area (Å²) in [5.41, 5.74) is -1.27. The molecule has 1 N–H and O–H groups in total. The van der Waals surface area contributed by atoms with Gasteiger partial charge in [0.05, 0.1) is 17.1 Å². The highest BCUT2D eigenvalue weighted by Gasteiger charge is 2.52. The van der Waals surface area contributed by atoms with Crippen molar-refractivity contribution in [3.05, 3.63) is 0 Å². The van der Waals surface area contributed by atoms with E-state index in [9.17, 15) is 10.4 Å². The maximum absolute atomic E-state index is 11.2. The van der Waals surface area contributed by atoms with E-state index in [1.54, 1.807) is 0 Å². The molecule has 1 saturated carbocycles. The molecule has 2 aliphatic rings. The summed E-state index contributed by atoms with van der Waals surface area (Å²) in [5.74, 6) is 0. The summed E-state index contributed by atoms with van der Waals surface area (Å²) >= 11 is 0. The van der Waals surface area contributed by atoms with Crippen LogP contribution < -0.4 is 0 Å². The topological polar surface area (TPSA) is 47.3 Å². The number of hydrogen-bond donors (Lipinski definition) is 1. The molecule has 0 bridgehead atoms. The van der Waals surface area contributed by atoms with E-state index < -0.39 is 11.0 Å². The highest BCUT2D eigenvalue weighted by Crippen LogP contribution is 2.48. The fourth-order valence-corrected chi connectivity index (χ4v) is 3.95. The van der Waals surface area contributed by atoms with E-state index in [0.717, 1.165) is 45.1 Å². The van der Waals surface area contributed by atoms with Gasteiger partial charge in [-0.2, -0.15) is 5.26 Å². The van der Waals surface area contributed by atoms with Gasteiger partial charge in [-0.15, -0.1) is 0 Å². The first-order valence-electron chi connectivity index (χ1n) is 7.87. The zero-order valence-corrected chi connectivity index (χ0v) is 12.5. The van der Waals surface area contributed by atoms with Crippen molar-refractivity contribution in [3.63, 3.8) is 0 Å². The first-order valence-corrected chi connectivity index (χ1v) is 7.87. The number of rotatable bonds is 1. The van der Waals surface area contributed by atoms with Crippen LogP contribution >= 0.6 is 0 Å². The first kappa shape index (κ1) is 14.8. The number of likely N-dealkylation sites (tertiary alicyclic amines) is 1. The minimum atomic E-state index is -0.773. The second-order valence-electron chi connectivity index (χ2n) is 6.78. The number of nitriles is 1. The van der Waals surface area contributed by atoms with Gasteiger partial charge in [0.15, 0.2) is 0 Å². The van der Waals surface area contributed by atoms with Crippen LogP contribution in [-0.4, -0.2) is 35.2 Å². The fraction of sp³-hybridized carbons (Fsp3) is 0.938. The molecule has 1 aliphatic heterocycles. The summed E-state index contributed by atoms with van der Waals surface area (Å²) in [6.45, 7) is 3.07. The normalized spacial score (nSPS) is 37.1. The van der Waals surface area contributed by atoms with Crippen LogP contribution in [0.5, 0.6) is 0 Å². The molecular weight excluding hydrogens is 236 g/mol. The zero-order chi connectivity index (χ0) is 13.9. The lowest BCUT2D eigenvalue weighted by molar-refractivity contribution is -0.116. The average Bonchev–Trinajstić information content (AvgIpc) is 2.35. The van der Waals surface area contributed by atoms with E-state index in [0.29, 0.717) is 6.04 Å². The van der Waals surface area contributed by atoms with Gasteiger partial charge in [-0.05, 0) is 39.7 Å². The molecule has 0 radical (unpaired) electrons. The minimum Gasteiger partial charge on any atom is -0.388 e. The van der Waals surface area contributed by atoms with Gasteiger partial charge in [0.2, 0.25) is 0 Å². The van der Waals surface area contributed by atoms with Gasteiger partial charge < -0.3 is 10.0 Å². The number of piperidine rings is 1. The second-order valence-corrected chi connectivity index (χ2v) is 6.78. The van der Waals surface area contributed by atoms with Crippen molar-refractivity contribution < 1.29 is 5.11 Å². The number of aliphatic hydroxyl groups is 1. The third-order valence-electron chi connectivity index (χ3n) is 5.58. The zero-order valence-electron chi connectivity index (χ0n) is 12.5. The van der Waals surface area contributed by atoms with Gasteiger partial charge in [-0.3, -0.25) is 0 Å². The highest BCUT2D eigenvalue weighted by atomic mass is 16.3. The Kier molecular flexibility index (Phi) is 4.53. The standard InChI is InChI=1S/C16H28N2O/c1-14-12-16(19,10-11-18(14)2)15(13-17)8-6-4-3-5-7-9-15/h14,19H,3-12H2,1-2H3. The lowest BCUT2D eigenvalue weighted by Crippen LogP contribution is -2.56. The third kappa shape index (κ3) is 2.80. The molecule has 0 aromatic rings. The molecule has 1 heterocycles. The van der Waals surface area contributed by atoms with Crippen LogP contribution in [0.25, 0.3) is 0 Å². The van der Waals surface area contributed by atoms with Crippen LogP contribution in [0.1, 0.15) is 64.7 Å². The summed E-state index contributed by atoms with van der Waals surface area (Å²) in [5, 5.41) is 21.0. The Hall–Kier alpha value is -0.590. The summed E-state index contributed by atoms with van der Waals surface area (Å²) in [6, 6.07) is 2.93. The van der Waals surface area contributed by atoms with Gasteiger partial charge in [0, 0.05) is 12.6 Å². The molecule has 1 saturated heterocycles. The molecule has 108 valence electrons. The Morgan fingerprint density at radius 2 is 1.68 bits per heavy atom. The van der Waals surface area contributed by atoms with Crippen molar-refractivity contribution in [1.29, 1.82) is 5.26 Å². The van der Waals surface area contributed by atoms with Crippen molar-refractivity contribution in [3.8, 4) is 6.07 Å². The van der Waals surface area contributed by atoms with Crippen LogP contribution in [0.15, 0.2) is 0 Å². The van der Waals surface area contributed by atoms with Crippen molar-refractivity contribution in [2.75, 3.05) is 13.6 Å². The maximum Gasteiger partial charge on any atom is 0.0861 e. The first-order chi connectivity index (χ1) is 9.03. The Morgan fingerprint density at radius 3 is 2.21 bits per heavy atom. The van der Waals surface area contributed by atoms with Gasteiger partial charge >= 0.3 is 0 Å². The molecule has 0 aromatic heterocycles. The van der Waals surface area contributed by atoms with Gasteiger partial charge in [0.25, 0.3) is 0 Å². The maximum atomic E-state index is 11.2. The SMILES string of the molecule is CC1CC(O)(C2(C#N)CCCCCCC2)CCN1C. The Morgan fingerprint density at radius 1 is 1.11 bits per heavy atom. The van der Waals surface area contributed by atoms with E-state index >= 15 is 0 Å². The van der Waals surface area contributed by atoms with Crippen LogP contribution in [0, 0.1) is 16.7 Å². The lowest BCUT2D eigenvalue weighted by Gasteiger charge is -2.50. The second kappa shape index (κ2) is 5.81. The van der Waals surface area contributed by atoms with E-state index in [2.05, 4.69) is 24.9 Å². The van der Waals surface area contributed by atoms with Crippen molar-refractivity contribution in [1.82, 2.24) is 4.90 Å². The Labute approximate surface area is 117 Å². The predicted molar refractivity (Wildman–Crippen MR) is 76.6 cm³/mol. The monoisotopic (exact) mass is 264 g/mol. The molecule has 0 amide bonds. The quantitative estimate of drug-likeness (QED) is 0.791. The largest absolute Gasteiger partial charge is 0.388 e. The highest BCUT2D eigenvalue weighted by molar-refractivity contribution is 5.13.